The van der Waals surface area contributed by atoms with E-state index in [1.807, 2.05) is 6.92 Å². The Balaban J connectivity index is 1.88. The van der Waals surface area contributed by atoms with E-state index in [-0.39, 0.29) is 0 Å². The van der Waals surface area contributed by atoms with Crippen LogP contribution in [0.4, 0.5) is 11.9 Å². The molecule has 0 aromatic carbocycles. The average molecular weight is 280 g/mol. The summed E-state index contributed by atoms with van der Waals surface area (Å²) in [5, 5.41) is 6.15. The monoisotopic (exact) mass is 280 g/mol. The van der Waals surface area contributed by atoms with Crippen molar-refractivity contribution < 1.29 is 4.74 Å². The summed E-state index contributed by atoms with van der Waals surface area (Å²) in [4.78, 5) is 15.1. The van der Waals surface area contributed by atoms with Crippen LogP contribution in [0.25, 0.3) is 0 Å². The first-order valence-electron chi connectivity index (χ1n) is 7.31. The predicted octanol–water partition coefficient (Wildman–Crippen LogP) is 1.21. The van der Waals surface area contributed by atoms with E-state index < -0.39 is 0 Å². The van der Waals surface area contributed by atoms with Gasteiger partial charge in [0.25, 0.3) is 0 Å². The summed E-state index contributed by atoms with van der Waals surface area (Å²) in [6, 6.07) is 1.14. The van der Waals surface area contributed by atoms with Gasteiger partial charge in [-0.15, -0.1) is 0 Å². The minimum absolute atomic E-state index is 0.351. The van der Waals surface area contributed by atoms with E-state index in [2.05, 4.69) is 37.4 Å². The highest BCUT2D eigenvalue weighted by Gasteiger charge is 2.27. The van der Waals surface area contributed by atoms with Crippen molar-refractivity contribution in [2.45, 2.75) is 32.7 Å². The molecule has 0 spiro atoms. The zero-order valence-electron chi connectivity index (χ0n) is 12.5. The molecule has 0 aliphatic heterocycles. The van der Waals surface area contributed by atoms with Gasteiger partial charge in [-0.3, -0.25) is 4.90 Å². The molecule has 112 valence electrons. The fraction of sp³-hybridized carbons (Fsp3) is 0.769. The number of rotatable bonds is 9. The normalized spacial score (nSPS) is 14.4. The van der Waals surface area contributed by atoms with Gasteiger partial charge in [-0.05, 0) is 26.3 Å². The van der Waals surface area contributed by atoms with Gasteiger partial charge in [-0.25, -0.2) is 0 Å². The Labute approximate surface area is 120 Å². The first-order chi connectivity index (χ1) is 9.76. The van der Waals surface area contributed by atoms with Crippen molar-refractivity contribution in [3.05, 3.63) is 0 Å². The van der Waals surface area contributed by atoms with Crippen LogP contribution in [0.15, 0.2) is 0 Å². The van der Waals surface area contributed by atoms with Crippen LogP contribution in [0.5, 0.6) is 6.01 Å². The molecule has 1 aliphatic rings. The molecular formula is C13H24N6O. The second-order valence-electron chi connectivity index (χ2n) is 4.73. The van der Waals surface area contributed by atoms with Crippen molar-refractivity contribution in [1.82, 2.24) is 19.9 Å². The highest BCUT2D eigenvalue weighted by molar-refractivity contribution is 5.35. The molecule has 0 bridgehead atoms. The van der Waals surface area contributed by atoms with Crippen molar-refractivity contribution >= 4 is 11.9 Å². The van der Waals surface area contributed by atoms with Gasteiger partial charge in [0.1, 0.15) is 0 Å². The van der Waals surface area contributed by atoms with E-state index in [9.17, 15) is 0 Å². The van der Waals surface area contributed by atoms with Crippen LogP contribution >= 0.6 is 0 Å². The molecule has 2 rings (SSSR count). The summed E-state index contributed by atoms with van der Waals surface area (Å²) in [6.45, 7) is 7.57. The molecule has 0 unspecified atom stereocenters. The minimum atomic E-state index is 0.351. The third-order valence-electron chi connectivity index (χ3n) is 3.26. The Kier molecular flexibility index (Phi) is 5.34. The maximum atomic E-state index is 5.33. The molecule has 0 atom stereocenters. The van der Waals surface area contributed by atoms with E-state index in [4.69, 9.17) is 4.74 Å². The SMILES string of the molecule is CCOc1nc(NC)nc(NCCN(CC)C2CC2)n1. The van der Waals surface area contributed by atoms with Crippen LogP contribution in [-0.4, -0.2) is 59.2 Å². The van der Waals surface area contributed by atoms with Gasteiger partial charge in [0.15, 0.2) is 0 Å². The topological polar surface area (TPSA) is 75.2 Å². The number of hydrogen-bond acceptors (Lipinski definition) is 7. The van der Waals surface area contributed by atoms with Crippen molar-refractivity contribution in [3.8, 4) is 6.01 Å². The zero-order chi connectivity index (χ0) is 14.4. The summed E-state index contributed by atoms with van der Waals surface area (Å²) >= 11 is 0. The summed E-state index contributed by atoms with van der Waals surface area (Å²) in [5.74, 6) is 1.07. The minimum Gasteiger partial charge on any atom is -0.464 e. The number of hydrogen-bond donors (Lipinski definition) is 2. The number of aromatic nitrogens is 3. The lowest BCUT2D eigenvalue weighted by Crippen LogP contribution is -2.31. The molecule has 1 saturated carbocycles. The number of anilines is 2. The predicted molar refractivity (Wildman–Crippen MR) is 79.3 cm³/mol. The molecule has 2 N–H and O–H groups in total. The Morgan fingerprint density at radius 3 is 2.55 bits per heavy atom. The smallest absolute Gasteiger partial charge is 0.323 e. The molecule has 20 heavy (non-hydrogen) atoms. The molecule has 1 aromatic heterocycles. The molecular weight excluding hydrogens is 256 g/mol. The van der Waals surface area contributed by atoms with E-state index in [1.54, 1.807) is 7.05 Å². The van der Waals surface area contributed by atoms with Gasteiger partial charge in [0, 0.05) is 26.2 Å². The molecule has 0 amide bonds. The number of nitrogens with one attached hydrogen (secondary N) is 2. The van der Waals surface area contributed by atoms with Crippen molar-refractivity contribution in [2.75, 3.05) is 43.9 Å². The van der Waals surface area contributed by atoms with Crippen molar-refractivity contribution in [1.29, 1.82) is 0 Å². The maximum absolute atomic E-state index is 5.33. The second-order valence-corrected chi connectivity index (χ2v) is 4.73. The van der Waals surface area contributed by atoms with Crippen molar-refractivity contribution in [2.24, 2.45) is 0 Å². The van der Waals surface area contributed by atoms with Crippen LogP contribution in [0, 0.1) is 0 Å². The summed E-state index contributed by atoms with van der Waals surface area (Å²) < 4.78 is 5.33. The molecule has 1 heterocycles. The zero-order valence-corrected chi connectivity index (χ0v) is 12.5. The lowest BCUT2D eigenvalue weighted by molar-refractivity contribution is 0.288. The van der Waals surface area contributed by atoms with Crippen molar-refractivity contribution in [3.63, 3.8) is 0 Å². The van der Waals surface area contributed by atoms with Gasteiger partial charge >= 0.3 is 6.01 Å². The first-order valence-corrected chi connectivity index (χ1v) is 7.31. The van der Waals surface area contributed by atoms with E-state index in [0.717, 1.165) is 25.7 Å². The van der Waals surface area contributed by atoms with Gasteiger partial charge in [0.2, 0.25) is 11.9 Å². The lowest BCUT2D eigenvalue weighted by Gasteiger charge is -2.19. The summed E-state index contributed by atoms with van der Waals surface area (Å²) in [6.07, 6.45) is 2.66. The van der Waals surface area contributed by atoms with Gasteiger partial charge in [-0.1, -0.05) is 6.92 Å². The van der Waals surface area contributed by atoms with Crippen LogP contribution < -0.4 is 15.4 Å². The standard InChI is InChI=1S/C13H24N6O/c1-4-19(10-6-7-10)9-8-15-12-16-11(14-3)17-13(18-12)20-5-2/h10H,4-9H2,1-3H3,(H2,14,15,16,17,18). The van der Waals surface area contributed by atoms with Crippen LogP contribution in [-0.2, 0) is 0 Å². The highest BCUT2D eigenvalue weighted by atomic mass is 16.5. The van der Waals surface area contributed by atoms with E-state index >= 15 is 0 Å². The molecule has 7 heteroatoms. The Hall–Kier alpha value is -1.63. The quantitative estimate of drug-likeness (QED) is 0.704. The van der Waals surface area contributed by atoms with Crippen LogP contribution in [0.1, 0.15) is 26.7 Å². The maximum Gasteiger partial charge on any atom is 0.323 e. The Morgan fingerprint density at radius 2 is 1.95 bits per heavy atom. The molecule has 0 radical (unpaired) electrons. The molecule has 7 nitrogen and oxygen atoms in total. The van der Waals surface area contributed by atoms with E-state index in [1.165, 1.54) is 12.8 Å². The molecule has 1 aromatic rings. The third-order valence-corrected chi connectivity index (χ3v) is 3.26. The van der Waals surface area contributed by atoms with Crippen LogP contribution in [0.2, 0.25) is 0 Å². The van der Waals surface area contributed by atoms with Gasteiger partial charge in [0.05, 0.1) is 6.61 Å². The fourth-order valence-corrected chi connectivity index (χ4v) is 2.09. The molecule has 1 fully saturated rings. The van der Waals surface area contributed by atoms with Crippen LogP contribution in [0.3, 0.4) is 0 Å². The second kappa shape index (κ2) is 7.23. The fourth-order valence-electron chi connectivity index (χ4n) is 2.09. The lowest BCUT2D eigenvalue weighted by atomic mass is 10.4. The molecule has 1 aliphatic carbocycles. The largest absolute Gasteiger partial charge is 0.464 e. The van der Waals surface area contributed by atoms with Gasteiger partial charge in [-0.2, -0.15) is 15.0 Å². The third kappa shape index (κ3) is 4.19. The number of ether oxygens (including phenoxy) is 1. The molecule has 0 saturated heterocycles. The average Bonchev–Trinajstić information content (AvgIpc) is 3.28. The van der Waals surface area contributed by atoms with E-state index in [0.29, 0.717) is 24.5 Å². The summed E-state index contributed by atoms with van der Waals surface area (Å²) in [7, 11) is 1.78. The number of likely N-dealkylation sites (N-methyl/N-ethyl adjacent to an activating group) is 1. The Morgan fingerprint density at radius 1 is 1.20 bits per heavy atom. The number of nitrogens with zero attached hydrogens (tertiary/aromatic N) is 4. The Bertz CT molecular complexity index is 423. The first kappa shape index (κ1) is 14.8. The summed E-state index contributed by atoms with van der Waals surface area (Å²) in [5.41, 5.74) is 0. The van der Waals surface area contributed by atoms with Gasteiger partial charge < -0.3 is 15.4 Å². The highest BCUT2D eigenvalue weighted by Crippen LogP contribution is 2.25.